The van der Waals surface area contributed by atoms with Crippen molar-refractivity contribution in [1.82, 2.24) is 25.7 Å². The zero-order valence-corrected chi connectivity index (χ0v) is 30.6. The Morgan fingerprint density at radius 3 is 2.31 bits per heavy atom. The van der Waals surface area contributed by atoms with Crippen LogP contribution in [-0.4, -0.2) is 38.6 Å². The van der Waals surface area contributed by atoms with Crippen molar-refractivity contribution in [3.05, 3.63) is 155 Å². The lowest BCUT2D eigenvalue weighted by Gasteiger charge is -2.34. The molecule has 3 amide bonds. The van der Waals surface area contributed by atoms with E-state index in [0.717, 1.165) is 61.1 Å². The molecule has 270 valence electrons. The topological polar surface area (TPSA) is 119 Å². The van der Waals surface area contributed by atoms with Gasteiger partial charge < -0.3 is 19.6 Å². The molecule has 0 spiro atoms. The number of fused-ring (bicyclic) bond motifs is 3. The van der Waals surface area contributed by atoms with Gasteiger partial charge in [-0.2, -0.15) is 0 Å². The predicted octanol–water partition coefficient (Wildman–Crippen LogP) is 9.15. The summed E-state index contributed by atoms with van der Waals surface area (Å²) in [5.41, 5.74) is 13.6. The fourth-order valence-electron chi connectivity index (χ4n) is 7.52. The molecule has 1 aliphatic heterocycles. The van der Waals surface area contributed by atoms with Crippen molar-refractivity contribution in [1.29, 1.82) is 0 Å². The van der Waals surface area contributed by atoms with Crippen LogP contribution in [0.5, 0.6) is 11.5 Å². The Balaban J connectivity index is 1.10. The van der Waals surface area contributed by atoms with Gasteiger partial charge in [0.15, 0.2) is 0 Å². The van der Waals surface area contributed by atoms with Gasteiger partial charge in [-0.3, -0.25) is 25.2 Å². The van der Waals surface area contributed by atoms with Crippen molar-refractivity contribution in [2.24, 2.45) is 5.92 Å². The van der Waals surface area contributed by atoms with Crippen molar-refractivity contribution in [2.45, 2.75) is 46.2 Å². The van der Waals surface area contributed by atoms with E-state index in [1.54, 1.807) is 11.0 Å². The molecule has 2 unspecified atom stereocenters. The molecule has 0 fully saturated rings. The first kappa shape index (κ1) is 34.5. The SMILES string of the molecule is Cc1ccc(-c2[nH]c3ccccc3c2C2c3ccccc3C(=O)N2C(CC(C)C)C(=O)NNC(=O)c2cc3cc(Oc4cccc(C)c4)ccc3[nH]2)cc1. The molecular formula is C45H41N5O4. The number of H-pyrrole nitrogens is 2. The van der Waals surface area contributed by atoms with Crippen LogP contribution in [-0.2, 0) is 4.79 Å². The average molecular weight is 716 g/mol. The van der Waals surface area contributed by atoms with Gasteiger partial charge in [-0.15, -0.1) is 0 Å². The van der Waals surface area contributed by atoms with Crippen LogP contribution in [0.2, 0.25) is 0 Å². The van der Waals surface area contributed by atoms with E-state index in [4.69, 9.17) is 4.74 Å². The number of carbonyl (C=O) groups excluding carboxylic acids is 3. The molecule has 54 heavy (non-hydrogen) atoms. The number of aryl methyl sites for hydroxylation is 2. The number of aromatic amines is 2. The molecule has 1 aliphatic rings. The fraction of sp³-hybridized carbons (Fsp3) is 0.178. The van der Waals surface area contributed by atoms with Crippen LogP contribution in [0.15, 0.2) is 121 Å². The summed E-state index contributed by atoms with van der Waals surface area (Å²) in [5, 5.41) is 1.75. The second-order valence-corrected chi connectivity index (χ2v) is 14.5. The minimum absolute atomic E-state index is 0.0538. The third-order valence-corrected chi connectivity index (χ3v) is 10.1. The second-order valence-electron chi connectivity index (χ2n) is 14.5. The Labute approximate surface area is 313 Å². The number of carbonyl (C=O) groups is 3. The van der Waals surface area contributed by atoms with Gasteiger partial charge in [0.2, 0.25) is 0 Å². The summed E-state index contributed by atoms with van der Waals surface area (Å²) in [4.78, 5) is 50.8. The van der Waals surface area contributed by atoms with Crippen LogP contribution in [0.4, 0.5) is 0 Å². The number of aromatic nitrogens is 2. The van der Waals surface area contributed by atoms with Crippen LogP contribution in [0, 0.1) is 19.8 Å². The molecular weight excluding hydrogens is 675 g/mol. The van der Waals surface area contributed by atoms with E-state index in [0.29, 0.717) is 17.7 Å². The van der Waals surface area contributed by atoms with Crippen LogP contribution in [0.3, 0.4) is 0 Å². The molecule has 9 heteroatoms. The molecule has 0 saturated heterocycles. The predicted molar refractivity (Wildman–Crippen MR) is 211 cm³/mol. The smallest absolute Gasteiger partial charge is 0.286 e. The second kappa shape index (κ2) is 14.1. The summed E-state index contributed by atoms with van der Waals surface area (Å²) in [6, 6.07) is 37.5. The molecule has 5 aromatic carbocycles. The Hall–Kier alpha value is -6.61. The number of ether oxygens (including phenoxy) is 1. The van der Waals surface area contributed by atoms with Crippen molar-refractivity contribution >= 4 is 39.5 Å². The van der Waals surface area contributed by atoms with Gasteiger partial charge in [0.1, 0.15) is 23.2 Å². The van der Waals surface area contributed by atoms with Gasteiger partial charge in [-0.05, 0) is 91.4 Å². The van der Waals surface area contributed by atoms with Gasteiger partial charge in [0, 0.05) is 32.9 Å². The lowest BCUT2D eigenvalue weighted by molar-refractivity contribution is -0.127. The molecule has 0 aliphatic carbocycles. The number of hydrogen-bond donors (Lipinski definition) is 4. The highest BCUT2D eigenvalue weighted by Gasteiger charge is 2.46. The van der Waals surface area contributed by atoms with Gasteiger partial charge in [-0.1, -0.05) is 92.2 Å². The monoisotopic (exact) mass is 715 g/mol. The summed E-state index contributed by atoms with van der Waals surface area (Å²) in [7, 11) is 0. The number of benzene rings is 5. The standard InChI is InChI=1S/C45H41N5O4/c1-26(2)22-39(44(52)49-48-43(51)38-25-30-24-32(20-21-36(30)46-38)54-31-11-9-10-28(4)23-31)50-42(33-12-5-6-13-34(33)45(50)53)40-35-14-7-8-15-37(35)47-41(40)29-18-16-27(3)17-19-29/h5-21,23-26,39,42,46-47H,22H2,1-4H3,(H,48,51)(H,49,52). The summed E-state index contributed by atoms with van der Waals surface area (Å²) in [6.45, 7) is 8.09. The number of hydrazine groups is 1. The number of para-hydroxylation sites is 1. The van der Waals surface area contributed by atoms with E-state index in [1.807, 2.05) is 113 Å². The number of nitrogens with zero attached hydrogens (tertiary/aromatic N) is 1. The van der Waals surface area contributed by atoms with E-state index in [-0.39, 0.29) is 17.5 Å². The highest BCUT2D eigenvalue weighted by molar-refractivity contribution is 6.05. The Kier molecular flexibility index (Phi) is 8.99. The zero-order chi connectivity index (χ0) is 37.5. The maximum absolute atomic E-state index is 14.5. The number of hydrogen-bond acceptors (Lipinski definition) is 4. The van der Waals surface area contributed by atoms with E-state index in [2.05, 4.69) is 51.2 Å². The molecule has 4 N–H and O–H groups in total. The van der Waals surface area contributed by atoms with Crippen molar-refractivity contribution in [3.63, 3.8) is 0 Å². The molecule has 8 rings (SSSR count). The first-order chi connectivity index (χ1) is 26.1. The molecule has 0 saturated carbocycles. The van der Waals surface area contributed by atoms with E-state index in [1.165, 1.54) is 0 Å². The summed E-state index contributed by atoms with van der Waals surface area (Å²) in [6.07, 6.45) is 0.371. The maximum Gasteiger partial charge on any atom is 0.286 e. The minimum atomic E-state index is -0.904. The quantitative estimate of drug-likeness (QED) is 0.112. The molecule has 9 nitrogen and oxygen atoms in total. The molecule has 0 bridgehead atoms. The average Bonchev–Trinajstić information content (AvgIpc) is 3.84. The molecule has 3 heterocycles. The zero-order valence-electron chi connectivity index (χ0n) is 30.6. The lowest BCUT2D eigenvalue weighted by atomic mass is 9.91. The molecule has 2 aromatic heterocycles. The van der Waals surface area contributed by atoms with Crippen LogP contribution in [0.1, 0.15) is 69.4 Å². The molecule has 2 atom stereocenters. The molecule has 0 radical (unpaired) electrons. The van der Waals surface area contributed by atoms with Crippen LogP contribution < -0.4 is 15.6 Å². The summed E-state index contributed by atoms with van der Waals surface area (Å²) < 4.78 is 6.05. The number of rotatable bonds is 9. The normalized spacial score (nSPS) is 14.4. The van der Waals surface area contributed by atoms with Gasteiger partial charge in [0.25, 0.3) is 17.7 Å². The third kappa shape index (κ3) is 6.49. The van der Waals surface area contributed by atoms with Gasteiger partial charge >= 0.3 is 0 Å². The highest BCUT2D eigenvalue weighted by Crippen LogP contribution is 2.47. The van der Waals surface area contributed by atoms with Gasteiger partial charge in [-0.25, -0.2) is 0 Å². The van der Waals surface area contributed by atoms with E-state index in [9.17, 15) is 14.4 Å². The third-order valence-electron chi connectivity index (χ3n) is 10.1. The highest BCUT2D eigenvalue weighted by atomic mass is 16.5. The molecule has 7 aromatic rings. The van der Waals surface area contributed by atoms with Crippen molar-refractivity contribution in [3.8, 4) is 22.8 Å². The van der Waals surface area contributed by atoms with Crippen LogP contribution in [0.25, 0.3) is 33.1 Å². The fourth-order valence-corrected chi connectivity index (χ4v) is 7.52. The van der Waals surface area contributed by atoms with E-state index >= 15 is 0 Å². The Morgan fingerprint density at radius 2 is 1.52 bits per heavy atom. The Morgan fingerprint density at radius 1 is 0.759 bits per heavy atom. The number of nitrogens with one attached hydrogen (secondary N) is 4. The number of amides is 3. The first-order valence-electron chi connectivity index (χ1n) is 18.2. The first-order valence-corrected chi connectivity index (χ1v) is 18.2. The minimum Gasteiger partial charge on any atom is -0.457 e. The van der Waals surface area contributed by atoms with Crippen LogP contribution >= 0.6 is 0 Å². The summed E-state index contributed by atoms with van der Waals surface area (Å²) in [5.74, 6) is 0.176. The lowest BCUT2D eigenvalue weighted by Crippen LogP contribution is -2.54. The Bertz CT molecular complexity index is 2550. The maximum atomic E-state index is 14.5. The van der Waals surface area contributed by atoms with E-state index < -0.39 is 23.9 Å². The van der Waals surface area contributed by atoms with Gasteiger partial charge in [0.05, 0.1) is 11.7 Å². The van der Waals surface area contributed by atoms with Crippen molar-refractivity contribution < 1.29 is 19.1 Å². The largest absolute Gasteiger partial charge is 0.457 e. The van der Waals surface area contributed by atoms with Crippen molar-refractivity contribution in [2.75, 3.05) is 0 Å². The summed E-state index contributed by atoms with van der Waals surface area (Å²) >= 11 is 0.